The average molecular weight is 290 g/mol. The molecule has 5 N–H and O–H groups in total. The van der Waals surface area contributed by atoms with E-state index in [9.17, 15) is 19.2 Å². The van der Waals surface area contributed by atoms with E-state index >= 15 is 0 Å². The zero-order valence-corrected chi connectivity index (χ0v) is 10.4. The number of hydrogen-bond donors (Lipinski definition) is 5. The summed E-state index contributed by atoms with van der Waals surface area (Å²) in [5, 5.41) is 41.3. The number of aliphatic hydroxyl groups is 1. The van der Waals surface area contributed by atoms with Crippen LogP contribution in [0.25, 0.3) is 0 Å². The molecule has 0 heterocycles. The van der Waals surface area contributed by atoms with Gasteiger partial charge in [-0.25, -0.2) is 19.2 Å². The zero-order valence-electron chi connectivity index (χ0n) is 10.4. The molecule has 0 aromatic heterocycles. The van der Waals surface area contributed by atoms with Gasteiger partial charge in [0, 0.05) is 18.2 Å². The molecule has 9 heteroatoms. The van der Waals surface area contributed by atoms with Crippen LogP contribution in [0.5, 0.6) is 0 Å². The number of carboxylic acids is 4. The fraction of sp³-hybridized carbons (Fsp3) is 0.273. The summed E-state index contributed by atoms with van der Waals surface area (Å²) in [6.07, 6.45) is 0.561. The van der Waals surface area contributed by atoms with Crippen LogP contribution in [0.2, 0.25) is 0 Å². The molecule has 0 radical (unpaired) electrons. The Hall–Kier alpha value is -2.68. The summed E-state index contributed by atoms with van der Waals surface area (Å²) in [5.41, 5.74) is -0.495. The van der Waals surface area contributed by atoms with Gasteiger partial charge in [-0.1, -0.05) is 6.92 Å². The minimum Gasteiger partial charge on any atom is -0.478 e. The van der Waals surface area contributed by atoms with E-state index < -0.39 is 35.6 Å². The van der Waals surface area contributed by atoms with Crippen molar-refractivity contribution in [3.63, 3.8) is 0 Å². The third-order valence-electron chi connectivity index (χ3n) is 1.64. The number of carbonyl (C=O) groups is 4. The van der Waals surface area contributed by atoms with Crippen LogP contribution < -0.4 is 0 Å². The maximum atomic E-state index is 10.3. The van der Waals surface area contributed by atoms with Crippen molar-refractivity contribution in [3.8, 4) is 0 Å². The third kappa shape index (κ3) is 11.8. The molecule has 20 heavy (non-hydrogen) atoms. The van der Waals surface area contributed by atoms with Crippen LogP contribution in [0.3, 0.4) is 0 Å². The Labute approximate surface area is 113 Å². The van der Waals surface area contributed by atoms with Crippen molar-refractivity contribution in [3.05, 3.63) is 23.8 Å². The summed E-state index contributed by atoms with van der Waals surface area (Å²) >= 11 is 0. The lowest BCUT2D eigenvalue weighted by atomic mass is 10.1. The molecular weight excluding hydrogens is 276 g/mol. The van der Waals surface area contributed by atoms with E-state index in [-0.39, 0.29) is 6.42 Å². The monoisotopic (exact) mass is 290 g/mol. The molecule has 0 rings (SSSR count). The lowest BCUT2D eigenvalue weighted by Gasteiger charge is -2.06. The molecule has 0 fully saturated rings. The highest BCUT2D eigenvalue weighted by Gasteiger charge is 2.17. The molecule has 0 saturated heterocycles. The summed E-state index contributed by atoms with van der Waals surface area (Å²) in [6, 6.07) is 0. The third-order valence-corrected chi connectivity index (χ3v) is 1.64. The molecule has 0 amide bonds. The van der Waals surface area contributed by atoms with Crippen molar-refractivity contribution < 1.29 is 44.7 Å². The summed E-state index contributed by atoms with van der Waals surface area (Å²) in [6.45, 7) is 1.56. The fourth-order valence-corrected chi connectivity index (χ4v) is 0.796. The zero-order chi connectivity index (χ0) is 16.3. The van der Waals surface area contributed by atoms with E-state index in [1.165, 1.54) is 0 Å². The van der Waals surface area contributed by atoms with Crippen LogP contribution in [-0.2, 0) is 19.2 Å². The summed E-state index contributed by atoms with van der Waals surface area (Å²) in [7, 11) is 0. The molecule has 0 aliphatic carbocycles. The fourth-order valence-electron chi connectivity index (χ4n) is 0.796. The molecule has 112 valence electrons. The number of carboxylic acid groups (broad SMARTS) is 4. The molecule has 0 spiro atoms. The molecule has 0 aromatic carbocycles. The van der Waals surface area contributed by atoms with E-state index in [2.05, 4.69) is 0 Å². The van der Waals surface area contributed by atoms with E-state index in [1.807, 2.05) is 0 Å². The van der Waals surface area contributed by atoms with Gasteiger partial charge in [0.15, 0.2) is 0 Å². The SMILES string of the molecule is CCC(O)C(=CC(=O)O)C(=O)O.O=C(O)C=CC(=O)O. The van der Waals surface area contributed by atoms with Crippen molar-refractivity contribution in [2.24, 2.45) is 0 Å². The molecule has 0 bridgehead atoms. The van der Waals surface area contributed by atoms with Crippen LogP contribution >= 0.6 is 0 Å². The predicted molar refractivity (Wildman–Crippen MR) is 64.1 cm³/mol. The maximum absolute atomic E-state index is 10.3. The first-order chi connectivity index (χ1) is 9.11. The second-order valence-electron chi connectivity index (χ2n) is 3.18. The maximum Gasteiger partial charge on any atom is 0.334 e. The summed E-state index contributed by atoms with van der Waals surface area (Å²) < 4.78 is 0. The number of hydrogen-bond acceptors (Lipinski definition) is 5. The highest BCUT2D eigenvalue weighted by molar-refractivity contribution is 5.95. The van der Waals surface area contributed by atoms with Gasteiger partial charge in [0.2, 0.25) is 0 Å². The van der Waals surface area contributed by atoms with Crippen molar-refractivity contribution in [1.29, 1.82) is 0 Å². The summed E-state index contributed by atoms with van der Waals surface area (Å²) in [5.74, 6) is -5.30. The van der Waals surface area contributed by atoms with Crippen molar-refractivity contribution in [1.82, 2.24) is 0 Å². The number of aliphatic hydroxyl groups excluding tert-OH is 1. The average Bonchev–Trinajstić information content (AvgIpc) is 2.32. The normalized spacial score (nSPS) is 12.2. The lowest BCUT2D eigenvalue weighted by molar-refractivity contribution is -0.136. The van der Waals surface area contributed by atoms with Crippen molar-refractivity contribution in [2.45, 2.75) is 19.4 Å². The Morgan fingerprint density at radius 3 is 1.50 bits per heavy atom. The van der Waals surface area contributed by atoms with Crippen LogP contribution in [-0.4, -0.2) is 55.5 Å². The van der Waals surface area contributed by atoms with Crippen molar-refractivity contribution >= 4 is 23.9 Å². The quantitative estimate of drug-likeness (QED) is 0.407. The van der Waals surface area contributed by atoms with Gasteiger partial charge in [-0.05, 0) is 6.42 Å². The van der Waals surface area contributed by atoms with Gasteiger partial charge < -0.3 is 25.5 Å². The van der Waals surface area contributed by atoms with Gasteiger partial charge >= 0.3 is 23.9 Å². The van der Waals surface area contributed by atoms with Crippen LogP contribution in [0, 0.1) is 0 Å². The van der Waals surface area contributed by atoms with Gasteiger partial charge in [0.1, 0.15) is 0 Å². The molecule has 1 unspecified atom stereocenters. The second-order valence-corrected chi connectivity index (χ2v) is 3.18. The Kier molecular flexibility index (Phi) is 10.1. The highest BCUT2D eigenvalue weighted by atomic mass is 16.4. The van der Waals surface area contributed by atoms with E-state index in [0.29, 0.717) is 18.2 Å². The first-order valence-electron chi connectivity index (χ1n) is 5.11. The van der Waals surface area contributed by atoms with Crippen LogP contribution in [0.15, 0.2) is 23.8 Å². The van der Waals surface area contributed by atoms with Gasteiger partial charge in [0.05, 0.1) is 11.7 Å². The molecule has 0 aliphatic rings. The van der Waals surface area contributed by atoms with Crippen LogP contribution in [0.1, 0.15) is 13.3 Å². The Morgan fingerprint density at radius 1 is 0.900 bits per heavy atom. The smallest absolute Gasteiger partial charge is 0.334 e. The van der Waals surface area contributed by atoms with E-state index in [1.54, 1.807) is 6.92 Å². The summed E-state index contributed by atoms with van der Waals surface area (Å²) in [4.78, 5) is 39.5. The highest BCUT2D eigenvalue weighted by Crippen LogP contribution is 2.05. The molecular formula is C11H14O9. The predicted octanol–water partition coefficient (Wildman–Crippen LogP) is -0.435. The Balaban J connectivity index is 0. The van der Waals surface area contributed by atoms with Gasteiger partial charge in [-0.2, -0.15) is 0 Å². The number of aliphatic carboxylic acids is 4. The largest absolute Gasteiger partial charge is 0.478 e. The molecule has 0 aromatic rings. The molecule has 1 atom stereocenters. The van der Waals surface area contributed by atoms with Crippen LogP contribution in [0.4, 0.5) is 0 Å². The first kappa shape index (κ1) is 19.7. The standard InChI is InChI=1S/C7H10O5.C4H4O4/c1-2-5(8)4(7(11)12)3-6(9)10;5-3(6)1-2-4(7)8/h3,5,8H,2H2,1H3,(H,9,10)(H,11,12);1-2H,(H,5,6)(H,7,8). The van der Waals surface area contributed by atoms with Gasteiger partial charge in [0.25, 0.3) is 0 Å². The molecule has 9 nitrogen and oxygen atoms in total. The van der Waals surface area contributed by atoms with Gasteiger partial charge in [-0.3, -0.25) is 0 Å². The topological polar surface area (TPSA) is 169 Å². The van der Waals surface area contributed by atoms with E-state index in [0.717, 1.165) is 0 Å². The first-order valence-corrected chi connectivity index (χ1v) is 5.11. The molecule has 0 aliphatic heterocycles. The minimum absolute atomic E-state index is 0.172. The Morgan fingerprint density at radius 2 is 1.30 bits per heavy atom. The van der Waals surface area contributed by atoms with Crippen molar-refractivity contribution in [2.75, 3.05) is 0 Å². The van der Waals surface area contributed by atoms with Gasteiger partial charge in [-0.15, -0.1) is 0 Å². The second kappa shape index (κ2) is 10.3. The number of rotatable bonds is 6. The Bertz CT molecular complexity index is 417. The lowest BCUT2D eigenvalue weighted by Crippen LogP contribution is -2.18. The van der Waals surface area contributed by atoms with E-state index in [4.69, 9.17) is 25.5 Å². The molecule has 0 saturated carbocycles. The minimum atomic E-state index is -1.41.